The molecule has 0 unspecified atom stereocenters. The molecular weight excluding hydrogens is 389 g/mol. The van der Waals surface area contributed by atoms with Crippen LogP contribution in [0.3, 0.4) is 0 Å². The summed E-state index contributed by atoms with van der Waals surface area (Å²) in [5.41, 5.74) is 12.4. The maximum Gasteiger partial charge on any atom is 0.526 e. The van der Waals surface area contributed by atoms with Crippen molar-refractivity contribution in [2.75, 3.05) is 6.54 Å². The number of benzene rings is 1. The average Bonchev–Trinajstić information content (AvgIpc) is 3.20. The molecule has 1 aliphatic heterocycles. The molecule has 0 spiro atoms. The maximum atomic E-state index is 13.1. The topological polar surface area (TPSA) is 167 Å². The molecule has 0 saturated carbocycles. The lowest BCUT2D eigenvalue weighted by Gasteiger charge is -2.29. The number of carboxylic acid groups (broad SMARTS) is 1. The van der Waals surface area contributed by atoms with E-state index >= 15 is 0 Å². The van der Waals surface area contributed by atoms with E-state index in [2.05, 4.69) is 10.3 Å². The third kappa shape index (κ3) is 4.86. The Hall–Kier alpha value is -2.76. The second-order valence-corrected chi connectivity index (χ2v) is 7.44. The minimum absolute atomic E-state index is 0.00656. The highest BCUT2D eigenvalue weighted by molar-refractivity contribution is 6.47. The lowest BCUT2D eigenvalue weighted by molar-refractivity contribution is -0.123. The van der Waals surface area contributed by atoms with Gasteiger partial charge in [-0.25, -0.2) is 9.48 Å². The zero-order valence-corrected chi connectivity index (χ0v) is 16.6. The second kappa shape index (κ2) is 9.83. The Morgan fingerprint density at radius 3 is 2.80 bits per heavy atom. The first-order valence-electron chi connectivity index (χ1n) is 9.98. The molecule has 2 atom stereocenters. The van der Waals surface area contributed by atoms with E-state index in [1.807, 2.05) is 0 Å². The van der Waals surface area contributed by atoms with Crippen molar-refractivity contribution in [1.82, 2.24) is 15.0 Å². The van der Waals surface area contributed by atoms with Gasteiger partial charge in [0.15, 0.2) is 5.78 Å². The van der Waals surface area contributed by atoms with Crippen molar-refractivity contribution in [3.8, 4) is 5.75 Å². The van der Waals surface area contributed by atoms with E-state index in [0.717, 1.165) is 12.8 Å². The number of nitrogens with two attached hydrogens (primary N) is 2. The molecule has 1 aliphatic rings. The standard InChI is InChI=1S/C19H26BN5O5/c21-7-2-1-6-16(25-11-14(10-22)23-24-25)17(26)9-13-8-12-4-3-5-15(19(27)28)18(12)30-20(13)29/h3-5,11,13,16,29H,1-2,6-10,21-22H2,(H,27,28)/t13-,16+/m1/s1. The highest BCUT2D eigenvalue weighted by Gasteiger charge is 2.39. The van der Waals surface area contributed by atoms with E-state index < -0.39 is 24.9 Å². The van der Waals surface area contributed by atoms with Gasteiger partial charge < -0.3 is 26.3 Å². The van der Waals surface area contributed by atoms with Gasteiger partial charge in [-0.3, -0.25) is 4.79 Å². The van der Waals surface area contributed by atoms with Crippen LogP contribution in [0.5, 0.6) is 5.75 Å². The van der Waals surface area contributed by atoms with Crippen LogP contribution in [0.15, 0.2) is 24.4 Å². The molecule has 1 aromatic heterocycles. The number of fused-ring (bicyclic) bond motifs is 1. The highest BCUT2D eigenvalue weighted by atomic mass is 16.5. The van der Waals surface area contributed by atoms with Crippen molar-refractivity contribution >= 4 is 18.9 Å². The quantitative estimate of drug-likeness (QED) is 0.320. The fourth-order valence-corrected chi connectivity index (χ4v) is 3.70. The number of aromatic nitrogens is 3. The van der Waals surface area contributed by atoms with E-state index in [-0.39, 0.29) is 30.1 Å². The Bertz CT molecular complexity index is 905. The number of hydrogen-bond acceptors (Lipinski definition) is 8. The van der Waals surface area contributed by atoms with Crippen LogP contribution in [-0.2, 0) is 17.8 Å². The van der Waals surface area contributed by atoms with Crippen molar-refractivity contribution in [1.29, 1.82) is 0 Å². The summed E-state index contributed by atoms with van der Waals surface area (Å²) in [6.07, 6.45) is 4.13. The van der Waals surface area contributed by atoms with Crippen LogP contribution in [0, 0.1) is 0 Å². The predicted octanol–water partition coefficient (Wildman–Crippen LogP) is 0.550. The van der Waals surface area contributed by atoms with Gasteiger partial charge in [-0.1, -0.05) is 17.3 Å². The molecule has 160 valence electrons. The van der Waals surface area contributed by atoms with Crippen LogP contribution >= 0.6 is 0 Å². The van der Waals surface area contributed by atoms with Gasteiger partial charge in [0, 0.05) is 18.8 Å². The molecule has 10 nitrogen and oxygen atoms in total. The molecule has 0 bridgehead atoms. The number of carbonyl (C=O) groups excluding carboxylic acids is 1. The second-order valence-electron chi connectivity index (χ2n) is 7.44. The van der Waals surface area contributed by atoms with E-state index in [9.17, 15) is 19.7 Å². The van der Waals surface area contributed by atoms with Crippen molar-refractivity contribution in [2.24, 2.45) is 11.5 Å². The van der Waals surface area contributed by atoms with Gasteiger partial charge in [-0.2, -0.15) is 0 Å². The monoisotopic (exact) mass is 415 g/mol. The van der Waals surface area contributed by atoms with E-state index in [4.69, 9.17) is 16.1 Å². The summed E-state index contributed by atoms with van der Waals surface area (Å²) in [7, 11) is -1.28. The molecule has 0 radical (unpaired) electrons. The van der Waals surface area contributed by atoms with Gasteiger partial charge >= 0.3 is 13.1 Å². The van der Waals surface area contributed by atoms with Crippen molar-refractivity contribution in [3.05, 3.63) is 41.2 Å². The minimum atomic E-state index is -1.28. The molecule has 11 heteroatoms. The summed E-state index contributed by atoms with van der Waals surface area (Å²) in [5, 5.41) is 27.8. The number of aromatic carboxylic acids is 1. The fourth-order valence-electron chi connectivity index (χ4n) is 3.70. The Kier molecular flexibility index (Phi) is 7.19. The Balaban J connectivity index is 1.76. The molecule has 0 amide bonds. The zero-order chi connectivity index (χ0) is 21.7. The SMILES string of the molecule is NCCCC[C@@H](C(=O)C[C@H]1Cc2cccc(C(=O)O)c2OB1O)n1cc(CN)nn1. The first kappa shape index (κ1) is 21.9. The van der Waals surface area contributed by atoms with Crippen LogP contribution in [0.2, 0.25) is 5.82 Å². The first-order valence-corrected chi connectivity index (χ1v) is 9.98. The summed E-state index contributed by atoms with van der Waals surface area (Å²) in [5.74, 6) is -1.57. The lowest BCUT2D eigenvalue weighted by atomic mass is 9.64. The smallest absolute Gasteiger partial charge is 0.526 e. The summed E-state index contributed by atoms with van der Waals surface area (Å²) < 4.78 is 7.02. The van der Waals surface area contributed by atoms with Crippen LogP contribution < -0.4 is 16.1 Å². The number of nitrogens with zero attached hydrogens (tertiary/aromatic N) is 3. The van der Waals surface area contributed by atoms with Crippen molar-refractivity contribution in [2.45, 2.75) is 50.5 Å². The maximum absolute atomic E-state index is 13.1. The number of carboxylic acids is 1. The number of hydrogen-bond donors (Lipinski definition) is 4. The Labute approximate surface area is 174 Å². The number of Topliss-reactive ketones (excluding diaryl/α,β-unsaturated/α-hetero) is 1. The predicted molar refractivity (Wildman–Crippen MR) is 109 cm³/mol. The third-order valence-electron chi connectivity index (χ3n) is 5.30. The van der Waals surface area contributed by atoms with Crippen LogP contribution in [0.4, 0.5) is 0 Å². The molecule has 30 heavy (non-hydrogen) atoms. The number of unbranched alkanes of at least 4 members (excludes halogenated alkanes) is 1. The molecule has 6 N–H and O–H groups in total. The zero-order valence-electron chi connectivity index (χ0n) is 16.6. The molecule has 0 saturated heterocycles. The van der Waals surface area contributed by atoms with Gasteiger partial charge in [0.25, 0.3) is 0 Å². The average molecular weight is 415 g/mol. The summed E-state index contributed by atoms with van der Waals surface area (Å²) in [4.78, 5) is 24.5. The number of ketones is 1. The molecule has 0 aliphatic carbocycles. The number of para-hydroxylation sites is 1. The van der Waals surface area contributed by atoms with Gasteiger partial charge in [-0.05, 0) is 43.9 Å². The molecular formula is C19H26BN5O5. The molecule has 2 aromatic rings. The van der Waals surface area contributed by atoms with Crippen LogP contribution in [0.25, 0.3) is 0 Å². The first-order chi connectivity index (χ1) is 14.4. The van der Waals surface area contributed by atoms with Gasteiger partial charge in [0.05, 0.1) is 17.5 Å². The highest BCUT2D eigenvalue weighted by Crippen LogP contribution is 2.37. The van der Waals surface area contributed by atoms with Crippen molar-refractivity contribution < 1.29 is 24.4 Å². The molecule has 2 heterocycles. The molecule has 3 rings (SSSR count). The van der Waals surface area contributed by atoms with Gasteiger partial charge in [-0.15, -0.1) is 5.10 Å². The molecule has 1 aromatic carbocycles. The van der Waals surface area contributed by atoms with Gasteiger partial charge in [0.1, 0.15) is 11.8 Å². The largest absolute Gasteiger partial charge is 0.535 e. The summed E-state index contributed by atoms with van der Waals surface area (Å²) >= 11 is 0. The van der Waals surface area contributed by atoms with Crippen LogP contribution in [0.1, 0.15) is 53.3 Å². The van der Waals surface area contributed by atoms with E-state index in [0.29, 0.717) is 30.6 Å². The van der Waals surface area contributed by atoms with Crippen LogP contribution in [-0.4, -0.2) is 50.5 Å². The fraction of sp³-hybridized carbons (Fsp3) is 0.474. The minimum Gasteiger partial charge on any atom is -0.535 e. The Morgan fingerprint density at radius 1 is 1.33 bits per heavy atom. The number of rotatable bonds is 10. The van der Waals surface area contributed by atoms with E-state index in [1.54, 1.807) is 18.3 Å². The van der Waals surface area contributed by atoms with E-state index in [1.165, 1.54) is 10.7 Å². The summed E-state index contributed by atoms with van der Waals surface area (Å²) in [6.45, 7) is 0.756. The molecule has 0 fully saturated rings. The van der Waals surface area contributed by atoms with Crippen molar-refractivity contribution in [3.63, 3.8) is 0 Å². The summed E-state index contributed by atoms with van der Waals surface area (Å²) in [6, 6.07) is 4.26. The normalized spacial score (nSPS) is 16.6. The lowest BCUT2D eigenvalue weighted by Crippen LogP contribution is -2.37. The van der Waals surface area contributed by atoms with Gasteiger partial charge in [0.2, 0.25) is 0 Å². The third-order valence-corrected chi connectivity index (χ3v) is 5.30. The Morgan fingerprint density at radius 2 is 2.13 bits per heavy atom. The number of carbonyl (C=O) groups is 2.